The molecule has 6 nitrogen and oxygen atoms in total. The number of nitrogens with one attached hydrogen (secondary N) is 1. The lowest BCUT2D eigenvalue weighted by Gasteiger charge is -2.17. The van der Waals surface area contributed by atoms with Crippen molar-refractivity contribution >= 4 is 17.7 Å². The quantitative estimate of drug-likeness (QED) is 0.666. The summed E-state index contributed by atoms with van der Waals surface area (Å²) in [5.41, 5.74) is 0.738. The number of carboxylic acids is 1. The Bertz CT molecular complexity index is 445. The monoisotopic (exact) mass is 280 g/mol. The third-order valence-corrected chi connectivity index (χ3v) is 2.88. The highest BCUT2D eigenvalue weighted by molar-refractivity contribution is 5.91. The summed E-state index contributed by atoms with van der Waals surface area (Å²) in [5.74, 6) is -0.996. The Morgan fingerprint density at radius 2 is 1.80 bits per heavy atom. The molecule has 0 aromatic heterocycles. The third-order valence-electron chi connectivity index (χ3n) is 2.88. The maximum atomic E-state index is 11.8. The van der Waals surface area contributed by atoms with Gasteiger partial charge >= 0.3 is 12.0 Å². The number of aliphatic hydroxyl groups excluding tert-OH is 1. The maximum Gasteiger partial charge on any atom is 0.335 e. The van der Waals surface area contributed by atoms with Crippen molar-refractivity contribution in [2.75, 3.05) is 25.5 Å². The molecule has 0 atom stereocenters. The first kappa shape index (κ1) is 16.0. The van der Waals surface area contributed by atoms with Gasteiger partial charge in [0, 0.05) is 25.9 Å². The molecule has 0 saturated carbocycles. The van der Waals surface area contributed by atoms with Crippen molar-refractivity contribution in [2.24, 2.45) is 0 Å². The zero-order valence-electron chi connectivity index (χ0n) is 11.5. The van der Waals surface area contributed by atoms with E-state index < -0.39 is 5.97 Å². The molecule has 0 aliphatic heterocycles. The average molecular weight is 280 g/mol. The van der Waals surface area contributed by atoms with E-state index in [1.165, 1.54) is 12.1 Å². The molecule has 20 heavy (non-hydrogen) atoms. The average Bonchev–Trinajstić information content (AvgIpc) is 2.44. The van der Waals surface area contributed by atoms with Crippen molar-refractivity contribution in [3.63, 3.8) is 0 Å². The van der Waals surface area contributed by atoms with Crippen LogP contribution in [-0.2, 0) is 0 Å². The molecule has 0 spiro atoms. The largest absolute Gasteiger partial charge is 0.478 e. The lowest BCUT2D eigenvalue weighted by molar-refractivity contribution is 0.0697. The molecule has 0 unspecified atom stereocenters. The Labute approximate surface area is 118 Å². The third kappa shape index (κ3) is 5.27. The smallest absolute Gasteiger partial charge is 0.335 e. The minimum atomic E-state index is -0.996. The molecule has 0 aliphatic carbocycles. The lowest BCUT2D eigenvalue weighted by Crippen LogP contribution is -2.32. The van der Waals surface area contributed by atoms with Crippen LogP contribution in [0.3, 0.4) is 0 Å². The molecular formula is C14H20N2O4. The zero-order chi connectivity index (χ0) is 15.0. The van der Waals surface area contributed by atoms with Crippen LogP contribution in [0.25, 0.3) is 0 Å². The minimum Gasteiger partial charge on any atom is -0.478 e. The Kier molecular flexibility index (Phi) is 6.52. The molecule has 1 aromatic carbocycles. The Morgan fingerprint density at radius 3 is 2.35 bits per heavy atom. The summed E-state index contributed by atoms with van der Waals surface area (Å²) in [6.07, 6.45) is 2.45. The van der Waals surface area contributed by atoms with E-state index in [0.29, 0.717) is 12.2 Å². The number of carbonyl (C=O) groups excluding carboxylic acids is 1. The molecule has 1 aromatic rings. The van der Waals surface area contributed by atoms with E-state index in [1.54, 1.807) is 24.1 Å². The van der Waals surface area contributed by atoms with E-state index in [9.17, 15) is 9.59 Å². The summed E-state index contributed by atoms with van der Waals surface area (Å²) in [7, 11) is 1.69. The van der Waals surface area contributed by atoms with Gasteiger partial charge in [-0.1, -0.05) is 0 Å². The van der Waals surface area contributed by atoms with Gasteiger partial charge in [-0.15, -0.1) is 0 Å². The predicted molar refractivity (Wildman–Crippen MR) is 76.0 cm³/mol. The van der Waals surface area contributed by atoms with Crippen LogP contribution in [0.1, 0.15) is 29.6 Å². The molecule has 0 fully saturated rings. The number of aliphatic hydroxyl groups is 1. The number of carboxylic acid groups (broad SMARTS) is 1. The first-order chi connectivity index (χ1) is 9.54. The highest BCUT2D eigenvalue weighted by atomic mass is 16.4. The molecule has 6 heteroatoms. The molecule has 110 valence electrons. The summed E-state index contributed by atoms with van der Waals surface area (Å²) < 4.78 is 0. The number of aromatic carboxylic acids is 1. The number of nitrogens with zero attached hydrogens (tertiary/aromatic N) is 1. The fraction of sp³-hybridized carbons (Fsp3) is 0.429. The predicted octanol–water partition coefficient (Wildman–Crippen LogP) is 2.01. The molecular weight excluding hydrogens is 260 g/mol. The molecule has 0 aliphatic rings. The normalized spacial score (nSPS) is 10.1. The summed E-state index contributed by atoms with van der Waals surface area (Å²) >= 11 is 0. The van der Waals surface area contributed by atoms with Gasteiger partial charge < -0.3 is 20.4 Å². The number of unbranched alkanes of at least 4 members (excludes halogenated alkanes) is 2. The molecule has 1 rings (SSSR count). The number of hydrogen-bond donors (Lipinski definition) is 3. The summed E-state index contributed by atoms with van der Waals surface area (Å²) in [5, 5.41) is 20.1. The second kappa shape index (κ2) is 8.16. The fourth-order valence-electron chi connectivity index (χ4n) is 1.65. The highest BCUT2D eigenvalue weighted by Crippen LogP contribution is 2.10. The molecule has 0 bridgehead atoms. The van der Waals surface area contributed by atoms with Crippen LogP contribution in [-0.4, -0.2) is 47.3 Å². The number of urea groups is 1. The van der Waals surface area contributed by atoms with Crippen molar-refractivity contribution in [3.05, 3.63) is 29.8 Å². The standard InChI is InChI=1S/C14H20N2O4/c1-16(9-3-2-4-10-17)14(20)15-12-7-5-11(6-8-12)13(18)19/h5-8,17H,2-4,9-10H2,1H3,(H,15,20)(H,18,19). The van der Waals surface area contributed by atoms with Crippen molar-refractivity contribution in [1.82, 2.24) is 4.90 Å². The number of amides is 2. The Balaban J connectivity index is 2.42. The van der Waals surface area contributed by atoms with Crippen LogP contribution in [0.15, 0.2) is 24.3 Å². The fourth-order valence-corrected chi connectivity index (χ4v) is 1.65. The first-order valence-corrected chi connectivity index (χ1v) is 6.51. The number of anilines is 1. The summed E-state index contributed by atoms with van der Waals surface area (Å²) in [6.45, 7) is 0.783. The van der Waals surface area contributed by atoms with E-state index in [-0.39, 0.29) is 18.2 Å². The second-order valence-corrected chi connectivity index (χ2v) is 4.52. The SMILES string of the molecule is CN(CCCCCO)C(=O)Nc1ccc(C(=O)O)cc1. The van der Waals surface area contributed by atoms with Gasteiger partial charge in [-0.05, 0) is 43.5 Å². The van der Waals surface area contributed by atoms with Gasteiger partial charge in [0.05, 0.1) is 5.56 Å². The zero-order valence-corrected chi connectivity index (χ0v) is 11.5. The van der Waals surface area contributed by atoms with E-state index >= 15 is 0 Å². The molecule has 0 radical (unpaired) electrons. The van der Waals surface area contributed by atoms with Crippen molar-refractivity contribution in [1.29, 1.82) is 0 Å². The van der Waals surface area contributed by atoms with Crippen molar-refractivity contribution in [3.8, 4) is 0 Å². The van der Waals surface area contributed by atoms with Crippen molar-refractivity contribution in [2.45, 2.75) is 19.3 Å². The van der Waals surface area contributed by atoms with Gasteiger partial charge in [-0.2, -0.15) is 0 Å². The number of rotatable bonds is 7. The molecule has 0 saturated heterocycles. The van der Waals surface area contributed by atoms with Gasteiger partial charge in [0.15, 0.2) is 0 Å². The molecule has 3 N–H and O–H groups in total. The van der Waals surface area contributed by atoms with Gasteiger partial charge in [0.25, 0.3) is 0 Å². The Morgan fingerprint density at radius 1 is 1.15 bits per heavy atom. The van der Waals surface area contributed by atoms with Crippen molar-refractivity contribution < 1.29 is 19.8 Å². The van der Waals surface area contributed by atoms with Crippen LogP contribution in [0.2, 0.25) is 0 Å². The van der Waals surface area contributed by atoms with Crippen LogP contribution in [0.4, 0.5) is 10.5 Å². The number of benzene rings is 1. The lowest BCUT2D eigenvalue weighted by atomic mass is 10.2. The van der Waals surface area contributed by atoms with E-state index in [0.717, 1.165) is 19.3 Å². The maximum absolute atomic E-state index is 11.8. The highest BCUT2D eigenvalue weighted by Gasteiger charge is 2.09. The van der Waals surface area contributed by atoms with E-state index in [2.05, 4.69) is 5.32 Å². The molecule has 2 amide bonds. The first-order valence-electron chi connectivity index (χ1n) is 6.51. The van der Waals surface area contributed by atoms with Gasteiger partial charge in [-0.25, -0.2) is 9.59 Å². The number of carbonyl (C=O) groups is 2. The summed E-state index contributed by atoms with van der Waals surface area (Å²) in [6, 6.07) is 5.76. The van der Waals surface area contributed by atoms with E-state index in [4.69, 9.17) is 10.2 Å². The summed E-state index contributed by atoms with van der Waals surface area (Å²) in [4.78, 5) is 24.1. The van der Waals surface area contributed by atoms with Crippen LogP contribution in [0, 0.1) is 0 Å². The van der Waals surface area contributed by atoms with Gasteiger partial charge in [0.1, 0.15) is 0 Å². The minimum absolute atomic E-state index is 0.172. The van der Waals surface area contributed by atoms with Crippen LogP contribution in [0.5, 0.6) is 0 Å². The number of hydrogen-bond acceptors (Lipinski definition) is 3. The van der Waals surface area contributed by atoms with Gasteiger partial charge in [-0.3, -0.25) is 0 Å². The molecule has 0 heterocycles. The Hall–Kier alpha value is -2.08. The van der Waals surface area contributed by atoms with Crippen LogP contribution < -0.4 is 5.32 Å². The van der Waals surface area contributed by atoms with Gasteiger partial charge in [0.2, 0.25) is 0 Å². The second-order valence-electron chi connectivity index (χ2n) is 4.52. The topological polar surface area (TPSA) is 89.9 Å². The van der Waals surface area contributed by atoms with Crippen LogP contribution >= 0.6 is 0 Å². The van der Waals surface area contributed by atoms with E-state index in [1.807, 2.05) is 0 Å².